The van der Waals surface area contributed by atoms with Gasteiger partial charge >= 0.3 is 6.03 Å². The first-order chi connectivity index (χ1) is 16.5. The number of nitrogens with one attached hydrogen (secondary N) is 1. The van der Waals surface area contributed by atoms with Gasteiger partial charge in [-0.15, -0.1) is 0 Å². The van der Waals surface area contributed by atoms with Crippen LogP contribution in [0, 0.1) is 11.2 Å². The summed E-state index contributed by atoms with van der Waals surface area (Å²) in [4.78, 5) is 16.8. The summed E-state index contributed by atoms with van der Waals surface area (Å²) in [7, 11) is -0.229. The molecule has 7 nitrogen and oxygen atoms in total. The summed E-state index contributed by atoms with van der Waals surface area (Å²) in [6, 6.07) is 13.4. The zero-order valence-electron chi connectivity index (χ0n) is 20.7. The van der Waals surface area contributed by atoms with Crippen LogP contribution in [0.1, 0.15) is 25.3 Å². The Morgan fingerprint density at radius 3 is 2.51 bits per heavy atom. The van der Waals surface area contributed by atoms with Gasteiger partial charge < -0.3 is 14.5 Å². The van der Waals surface area contributed by atoms with Crippen LogP contribution in [0.15, 0.2) is 48.5 Å². The first kappa shape index (κ1) is 25.6. The fourth-order valence-corrected chi connectivity index (χ4v) is 6.07. The number of urea groups is 1. The Hall–Kier alpha value is -2.49. The highest BCUT2D eigenvalue weighted by molar-refractivity contribution is 7.88. The molecule has 0 aromatic heterocycles. The third-order valence-corrected chi connectivity index (χ3v) is 7.94. The van der Waals surface area contributed by atoms with E-state index in [0.29, 0.717) is 24.2 Å². The number of halogens is 1. The molecular weight excluding hydrogens is 469 g/mol. The number of amides is 2. The molecule has 35 heavy (non-hydrogen) atoms. The Labute approximate surface area is 207 Å². The molecule has 2 fully saturated rings. The minimum atomic E-state index is -3.53. The van der Waals surface area contributed by atoms with Crippen LogP contribution >= 0.6 is 0 Å². The lowest BCUT2D eigenvalue weighted by molar-refractivity contribution is 0.0822. The second-order valence-electron chi connectivity index (χ2n) is 9.98. The summed E-state index contributed by atoms with van der Waals surface area (Å²) in [6.07, 6.45) is 2.84. The molecular formula is C26H34FN3O4S. The maximum Gasteiger partial charge on any atom is 0.320 e. The highest BCUT2D eigenvalue weighted by atomic mass is 32.2. The van der Waals surface area contributed by atoms with Gasteiger partial charge in [0.25, 0.3) is 0 Å². The number of sulfonamides is 1. The van der Waals surface area contributed by atoms with Gasteiger partial charge in [0.05, 0.1) is 18.4 Å². The van der Waals surface area contributed by atoms with Crippen molar-refractivity contribution in [2.24, 2.45) is 5.41 Å². The fourth-order valence-electron chi connectivity index (χ4n) is 5.21. The lowest BCUT2D eigenvalue weighted by Gasteiger charge is -2.33. The van der Waals surface area contributed by atoms with E-state index in [1.165, 1.54) is 0 Å². The van der Waals surface area contributed by atoms with Gasteiger partial charge in [0.15, 0.2) is 0 Å². The quantitative estimate of drug-likeness (QED) is 0.598. The largest absolute Gasteiger partial charge is 0.380 e. The van der Waals surface area contributed by atoms with Gasteiger partial charge in [0, 0.05) is 44.3 Å². The zero-order chi connectivity index (χ0) is 25.4. The number of hydrogen-bond acceptors (Lipinski definition) is 4. The molecule has 0 radical (unpaired) electrons. The molecule has 2 amide bonds. The predicted octanol–water partition coefficient (Wildman–Crippen LogP) is 3.50. The van der Waals surface area contributed by atoms with E-state index in [9.17, 15) is 13.2 Å². The molecule has 2 aromatic rings. The van der Waals surface area contributed by atoms with E-state index in [-0.39, 0.29) is 29.8 Å². The van der Waals surface area contributed by atoms with Gasteiger partial charge in [-0.05, 0) is 37.3 Å². The van der Waals surface area contributed by atoms with E-state index < -0.39 is 22.1 Å². The van der Waals surface area contributed by atoms with Gasteiger partial charge in [-0.25, -0.2) is 22.3 Å². The first-order valence-corrected chi connectivity index (χ1v) is 13.8. The molecule has 1 saturated heterocycles. The number of carbonyl (C=O) groups excluding carboxylic acids is 1. The van der Waals surface area contributed by atoms with Crippen molar-refractivity contribution in [1.29, 1.82) is 0 Å². The summed E-state index contributed by atoms with van der Waals surface area (Å²) in [5.41, 5.74) is 1.40. The van der Waals surface area contributed by atoms with E-state index in [1.807, 2.05) is 37.3 Å². The average Bonchev–Trinajstić information content (AvgIpc) is 3.55. The number of rotatable bonds is 8. The first-order valence-electron chi connectivity index (χ1n) is 11.9. The molecule has 0 unspecified atom stereocenters. The average molecular weight is 504 g/mol. The topological polar surface area (TPSA) is 79.0 Å². The van der Waals surface area contributed by atoms with E-state index in [0.717, 1.165) is 24.7 Å². The number of likely N-dealkylation sites (N-methyl/N-ethyl adjacent to an activating group) is 1. The van der Waals surface area contributed by atoms with Crippen molar-refractivity contribution in [1.82, 2.24) is 14.5 Å². The Morgan fingerprint density at radius 1 is 1.23 bits per heavy atom. The molecule has 1 N–H and O–H groups in total. The predicted molar refractivity (Wildman–Crippen MR) is 134 cm³/mol. The fraction of sp³-hybridized carbons (Fsp3) is 0.500. The van der Waals surface area contributed by atoms with E-state index in [2.05, 4.69) is 4.72 Å². The van der Waals surface area contributed by atoms with Crippen molar-refractivity contribution in [2.75, 3.05) is 33.5 Å². The van der Waals surface area contributed by atoms with Crippen LogP contribution in [0.3, 0.4) is 0 Å². The lowest BCUT2D eigenvalue weighted by Crippen LogP contribution is -2.52. The van der Waals surface area contributed by atoms with Crippen molar-refractivity contribution in [3.63, 3.8) is 0 Å². The lowest BCUT2D eigenvalue weighted by atomic mass is 9.91. The van der Waals surface area contributed by atoms with Gasteiger partial charge in [-0.1, -0.05) is 48.5 Å². The van der Waals surface area contributed by atoms with Crippen molar-refractivity contribution < 1.29 is 22.3 Å². The minimum absolute atomic E-state index is 0.148. The second-order valence-corrected chi connectivity index (χ2v) is 11.8. The molecule has 9 heteroatoms. The van der Waals surface area contributed by atoms with Gasteiger partial charge in [0.2, 0.25) is 10.0 Å². The maximum absolute atomic E-state index is 15.7. The zero-order valence-corrected chi connectivity index (χ0v) is 21.5. The number of benzene rings is 2. The Balaban J connectivity index is 1.69. The molecule has 190 valence electrons. The second kappa shape index (κ2) is 9.87. The number of likely N-dealkylation sites (tertiary alicyclic amines) is 1. The molecule has 2 aromatic carbocycles. The summed E-state index contributed by atoms with van der Waals surface area (Å²) in [5, 5.41) is 0. The normalized spacial score (nSPS) is 21.8. The molecule has 1 saturated carbocycles. The number of methoxy groups -OCH3 is 1. The van der Waals surface area contributed by atoms with E-state index in [4.69, 9.17) is 4.74 Å². The molecule has 0 bridgehead atoms. The Kier molecular flexibility index (Phi) is 7.22. The SMILES string of the molecule is CO[C@@H](C)CN(C)C(=O)N1CC2(CC2)[C@H](NS(C)(=O)=O)[C@@H]1Cc1cccc(-c2ccccc2)c1F. The maximum atomic E-state index is 15.7. The molecule has 1 heterocycles. The van der Waals surface area contributed by atoms with Gasteiger partial charge in [0.1, 0.15) is 5.82 Å². The molecule has 1 aliphatic carbocycles. The highest BCUT2D eigenvalue weighted by Gasteiger charge is 2.61. The number of nitrogens with zero attached hydrogens (tertiary/aromatic N) is 2. The van der Waals surface area contributed by atoms with Crippen LogP contribution < -0.4 is 4.72 Å². The Bertz CT molecular complexity index is 1170. The third-order valence-electron chi connectivity index (χ3n) is 7.26. The summed E-state index contributed by atoms with van der Waals surface area (Å²) >= 11 is 0. The number of carbonyl (C=O) groups is 1. The van der Waals surface area contributed by atoms with E-state index >= 15 is 4.39 Å². The van der Waals surface area contributed by atoms with Crippen LogP contribution in [0.25, 0.3) is 11.1 Å². The summed E-state index contributed by atoms with van der Waals surface area (Å²) in [5.74, 6) is -0.345. The molecule has 3 atom stereocenters. The molecule has 4 rings (SSSR count). The Morgan fingerprint density at radius 2 is 1.91 bits per heavy atom. The van der Waals surface area contributed by atoms with Crippen molar-refractivity contribution >= 4 is 16.1 Å². The van der Waals surface area contributed by atoms with Crippen molar-refractivity contribution in [2.45, 2.75) is 44.4 Å². The number of ether oxygens (including phenoxy) is 1. The summed E-state index contributed by atoms with van der Waals surface area (Å²) in [6.45, 7) is 2.72. The molecule has 1 spiro atoms. The smallest absolute Gasteiger partial charge is 0.320 e. The highest BCUT2D eigenvalue weighted by Crippen LogP contribution is 2.55. The third kappa shape index (κ3) is 5.52. The van der Waals surface area contributed by atoms with Crippen molar-refractivity contribution in [3.05, 3.63) is 59.9 Å². The molecule has 2 aliphatic rings. The standard InChI is InChI=1S/C26H34FN3O4S/c1-18(34-3)16-29(2)25(31)30-17-26(13-14-26)24(28-35(4,32)33)22(30)15-20-11-8-12-21(23(20)27)19-9-6-5-7-10-19/h5-12,18,22,24,28H,13-17H2,1-4H3/t18-,22-,24+/m0/s1. The summed E-state index contributed by atoms with van der Waals surface area (Å²) < 4.78 is 48.4. The minimum Gasteiger partial charge on any atom is -0.380 e. The van der Waals surface area contributed by atoms with Gasteiger partial charge in [-0.3, -0.25) is 0 Å². The van der Waals surface area contributed by atoms with E-state index in [1.54, 1.807) is 42.2 Å². The monoisotopic (exact) mass is 503 g/mol. The van der Waals surface area contributed by atoms with Crippen LogP contribution in [0.2, 0.25) is 0 Å². The van der Waals surface area contributed by atoms with Crippen LogP contribution in [-0.2, 0) is 21.2 Å². The van der Waals surface area contributed by atoms with Crippen LogP contribution in [-0.4, -0.2) is 75.9 Å². The van der Waals surface area contributed by atoms with Gasteiger partial charge in [-0.2, -0.15) is 0 Å². The van der Waals surface area contributed by atoms with Crippen LogP contribution in [0.4, 0.5) is 9.18 Å². The van der Waals surface area contributed by atoms with Crippen molar-refractivity contribution in [3.8, 4) is 11.1 Å². The molecule has 1 aliphatic heterocycles. The van der Waals surface area contributed by atoms with Crippen LogP contribution in [0.5, 0.6) is 0 Å². The number of hydrogen-bond donors (Lipinski definition) is 1.